The van der Waals surface area contributed by atoms with Gasteiger partial charge >= 0.3 is 22.8 Å². The maximum Gasteiger partial charge on any atom is 0.332 e. The van der Waals surface area contributed by atoms with Gasteiger partial charge in [-0.25, -0.2) is 9.36 Å². The van der Waals surface area contributed by atoms with E-state index in [0.29, 0.717) is 32.1 Å². The van der Waals surface area contributed by atoms with Crippen LogP contribution in [0.3, 0.4) is 0 Å². The highest BCUT2D eigenvalue weighted by atomic mass is 28.4. The van der Waals surface area contributed by atoms with Crippen LogP contribution in [0.1, 0.15) is 33.4 Å². The number of carbonyl (C=O) groups excluding carboxylic acids is 1. The van der Waals surface area contributed by atoms with E-state index in [9.17, 15) is 14.4 Å². The highest BCUT2D eigenvalue weighted by Crippen LogP contribution is 2.34. The van der Waals surface area contributed by atoms with Gasteiger partial charge in [0.05, 0.1) is 19.3 Å². The lowest BCUT2D eigenvalue weighted by Gasteiger charge is -2.31. The van der Waals surface area contributed by atoms with Gasteiger partial charge in [-0.2, -0.15) is 4.98 Å². The van der Waals surface area contributed by atoms with Gasteiger partial charge in [0.15, 0.2) is 11.2 Å². The van der Waals surface area contributed by atoms with Crippen molar-refractivity contribution in [1.29, 1.82) is 0 Å². The van der Waals surface area contributed by atoms with Crippen LogP contribution in [-0.4, -0.2) is 81.1 Å². The van der Waals surface area contributed by atoms with Gasteiger partial charge < -0.3 is 33.5 Å². The Morgan fingerprint density at radius 3 is 2.55 bits per heavy atom. The van der Waals surface area contributed by atoms with Crippen LogP contribution < -0.4 is 22.3 Å². The number of anilines is 1. The molecule has 3 rings (SSSR count). The fourth-order valence-corrected chi connectivity index (χ4v) is 7.06. The van der Waals surface area contributed by atoms with E-state index in [0.717, 1.165) is 0 Å². The highest BCUT2D eigenvalue weighted by Gasteiger charge is 2.43. The largest absolute Gasteiger partial charge is 0.394 e. The van der Waals surface area contributed by atoms with E-state index in [1.165, 1.54) is 11.5 Å². The number of rotatable bonds is 13. The quantitative estimate of drug-likeness (QED) is 0.199. The summed E-state index contributed by atoms with van der Waals surface area (Å²) in [5, 5.41) is 2.69. The summed E-state index contributed by atoms with van der Waals surface area (Å²) in [6.07, 6.45) is -1.46. The zero-order chi connectivity index (χ0) is 28.3. The van der Waals surface area contributed by atoms with E-state index in [1.807, 2.05) is 26.2 Å². The van der Waals surface area contributed by atoms with E-state index in [1.54, 1.807) is 0 Å². The number of amides is 1. The standard InChI is InChI=1S/C22H40N6O8Si2/c1-13(2)11-33-38(6,7)36-15-10-17(28-19-18(25-22(28)31)20(30)27-21(23)26-19)35-16(15)12-34-37(4,5)32-9-8-24-14(3)29/h13,15-17H,8-12H2,1-7H3,(H,24,29)(H,25,31)(H3,23,26,27,30)/t15?,16-,17-/m1/s1. The van der Waals surface area contributed by atoms with Crippen LogP contribution in [0.4, 0.5) is 5.95 Å². The normalized spacial score (nSPS) is 20.5. The number of hydrogen-bond donors (Lipinski definition) is 4. The number of nitrogens with one attached hydrogen (secondary N) is 3. The third-order valence-corrected chi connectivity index (χ3v) is 9.28. The third kappa shape index (κ3) is 8.08. The molecule has 2 aromatic heterocycles. The molecular weight excluding hydrogens is 532 g/mol. The van der Waals surface area contributed by atoms with Gasteiger partial charge in [0, 0.05) is 26.5 Å². The molecule has 38 heavy (non-hydrogen) atoms. The van der Waals surface area contributed by atoms with Crippen molar-refractivity contribution in [1.82, 2.24) is 24.8 Å². The predicted octanol–water partition coefficient (Wildman–Crippen LogP) is 0.913. The van der Waals surface area contributed by atoms with E-state index in [-0.39, 0.29) is 29.6 Å². The third-order valence-electron chi connectivity index (χ3n) is 5.79. The molecule has 0 saturated carbocycles. The minimum absolute atomic E-state index is 0.0149. The molecule has 1 aliphatic heterocycles. The van der Waals surface area contributed by atoms with Gasteiger partial charge in [0.25, 0.3) is 5.56 Å². The minimum atomic E-state index is -2.57. The summed E-state index contributed by atoms with van der Waals surface area (Å²) in [4.78, 5) is 45.3. The first-order valence-corrected chi connectivity index (χ1v) is 18.3. The maximum absolute atomic E-state index is 12.8. The number of hydrogen-bond acceptors (Lipinski definition) is 10. The van der Waals surface area contributed by atoms with Gasteiger partial charge in [-0.05, 0) is 32.1 Å². The second kappa shape index (κ2) is 12.2. The van der Waals surface area contributed by atoms with Crippen LogP contribution in [0.2, 0.25) is 26.2 Å². The Kier molecular flexibility index (Phi) is 9.72. The van der Waals surface area contributed by atoms with Crippen LogP contribution in [0.15, 0.2) is 9.59 Å². The number of ether oxygens (including phenoxy) is 1. The topological polar surface area (TPSA) is 185 Å². The molecule has 14 nitrogen and oxygen atoms in total. The first-order chi connectivity index (χ1) is 17.7. The molecule has 3 atom stereocenters. The molecule has 214 valence electrons. The van der Waals surface area contributed by atoms with Crippen molar-refractivity contribution in [2.45, 2.75) is 71.8 Å². The van der Waals surface area contributed by atoms with Crippen LogP contribution >= 0.6 is 0 Å². The summed E-state index contributed by atoms with van der Waals surface area (Å²) in [5.41, 5.74) is 4.76. The van der Waals surface area contributed by atoms with Crippen LogP contribution in [0, 0.1) is 5.92 Å². The van der Waals surface area contributed by atoms with E-state index < -0.39 is 46.8 Å². The van der Waals surface area contributed by atoms with Gasteiger partial charge in [-0.3, -0.25) is 19.6 Å². The Labute approximate surface area is 223 Å². The smallest absolute Gasteiger partial charge is 0.332 e. The predicted molar refractivity (Wildman–Crippen MR) is 145 cm³/mol. The lowest BCUT2D eigenvalue weighted by molar-refractivity contribution is -0.119. The number of carbonyl (C=O) groups is 1. The molecule has 0 aromatic carbocycles. The van der Waals surface area contributed by atoms with Gasteiger partial charge in [0.2, 0.25) is 11.9 Å². The first-order valence-electron chi connectivity index (χ1n) is 12.7. The van der Waals surface area contributed by atoms with Crippen molar-refractivity contribution in [2.24, 2.45) is 5.92 Å². The summed E-state index contributed by atoms with van der Waals surface area (Å²) in [6.45, 7) is 14.7. The molecule has 5 N–H and O–H groups in total. The summed E-state index contributed by atoms with van der Waals surface area (Å²) in [6, 6.07) is 0. The molecule has 1 unspecified atom stereocenters. The number of aromatic amines is 2. The number of aromatic nitrogens is 4. The summed E-state index contributed by atoms with van der Waals surface area (Å²) < 4.78 is 32.2. The summed E-state index contributed by atoms with van der Waals surface area (Å²) in [7, 11) is -5.14. The first kappa shape index (κ1) is 30.2. The van der Waals surface area contributed by atoms with Gasteiger partial charge in [0.1, 0.15) is 12.3 Å². The lowest BCUT2D eigenvalue weighted by Crippen LogP contribution is -2.45. The second-order valence-electron chi connectivity index (χ2n) is 10.6. The van der Waals surface area contributed by atoms with Crippen molar-refractivity contribution in [3.63, 3.8) is 0 Å². The SMILES string of the molecule is CC(=O)NCCO[Si](C)(C)OC[C@H]1O[C@@H](n2c(=O)[nH]c3c(=O)[nH]c(N)nc32)CC1O[Si](C)(C)OCC(C)C. The second-order valence-corrected chi connectivity index (χ2v) is 17.3. The molecule has 0 bridgehead atoms. The fraction of sp³-hybridized carbons (Fsp3) is 0.727. The average molecular weight is 573 g/mol. The van der Waals surface area contributed by atoms with E-state index >= 15 is 0 Å². The van der Waals surface area contributed by atoms with Crippen LogP contribution in [0.25, 0.3) is 11.2 Å². The van der Waals surface area contributed by atoms with Crippen LogP contribution in [-0.2, 0) is 27.2 Å². The monoisotopic (exact) mass is 572 g/mol. The Morgan fingerprint density at radius 2 is 1.89 bits per heavy atom. The molecule has 0 aliphatic carbocycles. The van der Waals surface area contributed by atoms with Crippen molar-refractivity contribution < 1.29 is 27.2 Å². The zero-order valence-electron chi connectivity index (χ0n) is 23.1. The molecule has 1 aliphatic rings. The molecule has 1 saturated heterocycles. The molecule has 1 fully saturated rings. The van der Waals surface area contributed by atoms with Crippen molar-refractivity contribution in [3.8, 4) is 0 Å². The zero-order valence-corrected chi connectivity index (χ0v) is 25.1. The van der Waals surface area contributed by atoms with E-state index in [2.05, 4.69) is 34.1 Å². The number of nitrogens with zero attached hydrogens (tertiary/aromatic N) is 2. The average Bonchev–Trinajstić information content (AvgIpc) is 3.33. The number of imidazole rings is 1. The number of nitrogens with two attached hydrogens (primary N) is 1. The molecule has 16 heteroatoms. The van der Waals surface area contributed by atoms with Gasteiger partial charge in [-0.1, -0.05) is 13.8 Å². The van der Waals surface area contributed by atoms with E-state index in [4.69, 9.17) is 28.2 Å². The molecule has 1 amide bonds. The van der Waals surface area contributed by atoms with Crippen LogP contribution in [0.5, 0.6) is 0 Å². The Morgan fingerprint density at radius 1 is 1.18 bits per heavy atom. The highest BCUT2D eigenvalue weighted by molar-refractivity contribution is 6.65. The number of nitrogen functional groups attached to an aromatic ring is 1. The van der Waals surface area contributed by atoms with Crippen molar-refractivity contribution in [2.75, 3.05) is 32.1 Å². The van der Waals surface area contributed by atoms with Crippen molar-refractivity contribution >= 4 is 40.1 Å². The van der Waals surface area contributed by atoms with Crippen molar-refractivity contribution in [3.05, 3.63) is 20.8 Å². The molecule has 3 heterocycles. The molecule has 0 radical (unpaired) electrons. The molecule has 0 spiro atoms. The van der Waals surface area contributed by atoms with Gasteiger partial charge in [-0.15, -0.1) is 0 Å². The maximum atomic E-state index is 12.8. The molecule has 2 aromatic rings. The number of fused-ring (bicyclic) bond motifs is 1. The Hall–Kier alpha value is -2.35. The summed E-state index contributed by atoms with van der Waals surface area (Å²) >= 11 is 0. The minimum Gasteiger partial charge on any atom is -0.394 e. The Bertz CT molecular complexity index is 1230. The fourth-order valence-electron chi connectivity index (χ4n) is 4.04. The summed E-state index contributed by atoms with van der Waals surface area (Å²) in [5.74, 6) is 0.107. The molecular formula is C22H40N6O8Si2. The lowest BCUT2D eigenvalue weighted by atomic mass is 10.2. The number of H-pyrrole nitrogens is 2. The Balaban J connectivity index is 1.80.